The summed E-state index contributed by atoms with van der Waals surface area (Å²) in [6.45, 7) is 0. The first-order chi connectivity index (χ1) is 8.88. The standard InChI is InChI=1S/C11H7ClF2N2O2S/c12-11-6-8(3-4-15-11)19(17,18)16-7-1-2-9(13)10(14)5-7/h1-6,16H. The van der Waals surface area contributed by atoms with Crippen LogP contribution in [0.4, 0.5) is 14.5 Å². The predicted molar refractivity (Wildman–Crippen MR) is 66.4 cm³/mol. The first-order valence-corrected chi connectivity index (χ1v) is 6.84. The highest BCUT2D eigenvalue weighted by molar-refractivity contribution is 7.92. The Morgan fingerprint density at radius 1 is 1.11 bits per heavy atom. The predicted octanol–water partition coefficient (Wildman–Crippen LogP) is 2.81. The zero-order valence-corrected chi connectivity index (χ0v) is 10.8. The van der Waals surface area contributed by atoms with Crippen LogP contribution in [0.3, 0.4) is 0 Å². The second-order valence-corrected chi connectivity index (χ2v) is 5.62. The number of sulfonamides is 1. The molecule has 19 heavy (non-hydrogen) atoms. The number of aromatic nitrogens is 1. The van der Waals surface area contributed by atoms with E-state index < -0.39 is 21.7 Å². The molecule has 8 heteroatoms. The second kappa shape index (κ2) is 5.10. The van der Waals surface area contributed by atoms with Gasteiger partial charge in [-0.2, -0.15) is 0 Å². The first-order valence-electron chi connectivity index (χ1n) is 4.98. The zero-order chi connectivity index (χ0) is 14.0. The van der Waals surface area contributed by atoms with Gasteiger partial charge in [-0.15, -0.1) is 0 Å². The fourth-order valence-corrected chi connectivity index (χ4v) is 2.63. The molecule has 0 aliphatic carbocycles. The van der Waals surface area contributed by atoms with Gasteiger partial charge in [-0.25, -0.2) is 22.2 Å². The van der Waals surface area contributed by atoms with Crippen LogP contribution in [-0.4, -0.2) is 13.4 Å². The van der Waals surface area contributed by atoms with Crippen LogP contribution in [0.25, 0.3) is 0 Å². The maximum absolute atomic E-state index is 13.0. The van der Waals surface area contributed by atoms with Crippen LogP contribution < -0.4 is 4.72 Å². The highest BCUT2D eigenvalue weighted by Gasteiger charge is 2.15. The van der Waals surface area contributed by atoms with E-state index in [-0.39, 0.29) is 15.7 Å². The van der Waals surface area contributed by atoms with Crippen molar-refractivity contribution in [1.82, 2.24) is 4.98 Å². The third-order valence-electron chi connectivity index (χ3n) is 2.18. The second-order valence-electron chi connectivity index (χ2n) is 3.55. The van der Waals surface area contributed by atoms with Crippen molar-refractivity contribution in [3.63, 3.8) is 0 Å². The zero-order valence-electron chi connectivity index (χ0n) is 9.27. The maximum Gasteiger partial charge on any atom is 0.262 e. The number of rotatable bonds is 3. The molecular formula is C11H7ClF2N2O2S. The van der Waals surface area contributed by atoms with Crippen molar-refractivity contribution in [2.45, 2.75) is 4.90 Å². The molecule has 0 unspecified atom stereocenters. The van der Waals surface area contributed by atoms with Crippen LogP contribution in [0.15, 0.2) is 41.4 Å². The number of halogens is 3. The average molecular weight is 305 g/mol. The van der Waals surface area contributed by atoms with E-state index in [9.17, 15) is 17.2 Å². The van der Waals surface area contributed by atoms with Crippen LogP contribution in [0.5, 0.6) is 0 Å². The van der Waals surface area contributed by atoms with Gasteiger partial charge in [-0.1, -0.05) is 11.6 Å². The Balaban J connectivity index is 2.33. The molecule has 100 valence electrons. The summed E-state index contributed by atoms with van der Waals surface area (Å²) < 4.78 is 51.7. The topological polar surface area (TPSA) is 59.1 Å². The number of nitrogens with one attached hydrogen (secondary N) is 1. The number of benzene rings is 1. The SMILES string of the molecule is O=S(=O)(Nc1ccc(F)c(F)c1)c1ccnc(Cl)c1. The van der Waals surface area contributed by atoms with E-state index in [4.69, 9.17) is 11.6 Å². The number of pyridine rings is 1. The van der Waals surface area contributed by atoms with Crippen molar-refractivity contribution >= 4 is 27.3 Å². The van der Waals surface area contributed by atoms with Crippen LogP contribution in [-0.2, 0) is 10.0 Å². The van der Waals surface area contributed by atoms with E-state index in [1.54, 1.807) is 0 Å². The van der Waals surface area contributed by atoms with E-state index in [1.165, 1.54) is 12.3 Å². The summed E-state index contributed by atoms with van der Waals surface area (Å²) in [6.07, 6.45) is 1.22. The first kappa shape index (κ1) is 13.7. The van der Waals surface area contributed by atoms with E-state index in [1.807, 2.05) is 0 Å². The minimum Gasteiger partial charge on any atom is -0.280 e. The minimum atomic E-state index is -3.93. The van der Waals surface area contributed by atoms with Gasteiger partial charge < -0.3 is 0 Å². The molecule has 1 aromatic carbocycles. The Labute approximate surface area is 113 Å². The third-order valence-corrected chi connectivity index (χ3v) is 3.77. The van der Waals surface area contributed by atoms with Gasteiger partial charge >= 0.3 is 0 Å². The van der Waals surface area contributed by atoms with Crippen molar-refractivity contribution in [1.29, 1.82) is 0 Å². The molecule has 1 N–H and O–H groups in total. The van der Waals surface area contributed by atoms with Crippen molar-refractivity contribution in [3.05, 3.63) is 53.3 Å². The highest BCUT2D eigenvalue weighted by Crippen LogP contribution is 2.19. The van der Waals surface area contributed by atoms with Gasteiger partial charge in [0, 0.05) is 12.3 Å². The molecule has 4 nitrogen and oxygen atoms in total. The number of anilines is 1. The Kier molecular flexibility index (Phi) is 3.68. The Morgan fingerprint density at radius 3 is 2.47 bits per heavy atom. The van der Waals surface area contributed by atoms with Crippen LogP contribution in [0.1, 0.15) is 0 Å². The molecule has 0 aliphatic heterocycles. The molecule has 2 aromatic rings. The van der Waals surface area contributed by atoms with Crippen molar-refractivity contribution < 1.29 is 17.2 Å². The third kappa shape index (κ3) is 3.18. The van der Waals surface area contributed by atoms with Gasteiger partial charge in [-0.05, 0) is 24.3 Å². The molecule has 1 heterocycles. The monoisotopic (exact) mass is 304 g/mol. The van der Waals surface area contributed by atoms with Gasteiger partial charge in [0.2, 0.25) is 0 Å². The molecule has 0 atom stereocenters. The summed E-state index contributed by atoms with van der Waals surface area (Å²) >= 11 is 5.59. The van der Waals surface area contributed by atoms with Crippen LogP contribution in [0, 0.1) is 11.6 Å². The average Bonchev–Trinajstić information content (AvgIpc) is 2.33. The minimum absolute atomic E-state index is 0.00756. The fraction of sp³-hybridized carbons (Fsp3) is 0. The van der Waals surface area contributed by atoms with E-state index in [2.05, 4.69) is 9.71 Å². The molecule has 0 aliphatic rings. The normalized spacial score (nSPS) is 11.3. The number of hydrogen-bond donors (Lipinski definition) is 1. The number of nitrogens with zero attached hydrogens (tertiary/aromatic N) is 1. The lowest BCUT2D eigenvalue weighted by Crippen LogP contribution is -2.13. The summed E-state index contributed by atoms with van der Waals surface area (Å²) in [5, 5.41) is 0.00756. The van der Waals surface area contributed by atoms with Crippen molar-refractivity contribution in [2.75, 3.05) is 4.72 Å². The lowest BCUT2D eigenvalue weighted by atomic mass is 10.3. The van der Waals surface area contributed by atoms with Gasteiger partial charge in [0.1, 0.15) is 5.15 Å². The van der Waals surface area contributed by atoms with Crippen LogP contribution in [0.2, 0.25) is 5.15 Å². The molecule has 1 aromatic heterocycles. The summed E-state index contributed by atoms with van der Waals surface area (Å²) in [5.41, 5.74) is -0.0909. The summed E-state index contributed by atoms with van der Waals surface area (Å²) in [4.78, 5) is 3.52. The van der Waals surface area contributed by atoms with Gasteiger partial charge in [-0.3, -0.25) is 4.72 Å². The van der Waals surface area contributed by atoms with Crippen LogP contribution >= 0.6 is 11.6 Å². The summed E-state index contributed by atoms with van der Waals surface area (Å²) in [5.74, 6) is -2.21. The van der Waals surface area contributed by atoms with E-state index in [0.29, 0.717) is 0 Å². The molecule has 0 spiro atoms. The van der Waals surface area contributed by atoms with Gasteiger partial charge in [0.25, 0.3) is 10.0 Å². The molecule has 0 radical (unpaired) electrons. The smallest absolute Gasteiger partial charge is 0.262 e. The maximum atomic E-state index is 13.0. The quantitative estimate of drug-likeness (QED) is 0.887. The molecule has 0 saturated heterocycles. The Morgan fingerprint density at radius 2 is 1.84 bits per heavy atom. The highest BCUT2D eigenvalue weighted by atomic mass is 35.5. The molecule has 0 fully saturated rings. The van der Waals surface area contributed by atoms with Gasteiger partial charge in [0.05, 0.1) is 10.6 Å². The molecule has 0 saturated carbocycles. The van der Waals surface area contributed by atoms with Gasteiger partial charge in [0.15, 0.2) is 11.6 Å². The van der Waals surface area contributed by atoms with Crippen molar-refractivity contribution in [2.24, 2.45) is 0 Å². The number of hydrogen-bond acceptors (Lipinski definition) is 3. The lowest BCUT2D eigenvalue weighted by molar-refractivity contribution is 0.509. The summed E-state index contributed by atoms with van der Waals surface area (Å²) in [7, 11) is -3.93. The largest absolute Gasteiger partial charge is 0.280 e. The van der Waals surface area contributed by atoms with Crippen molar-refractivity contribution in [3.8, 4) is 0 Å². The van der Waals surface area contributed by atoms with E-state index >= 15 is 0 Å². The Bertz CT molecular complexity index is 722. The molecule has 0 amide bonds. The summed E-state index contributed by atoms with van der Waals surface area (Å²) in [6, 6.07) is 5.05. The fourth-order valence-electron chi connectivity index (χ4n) is 1.33. The van der Waals surface area contributed by atoms with E-state index in [0.717, 1.165) is 24.3 Å². The Hall–Kier alpha value is -1.73. The molecule has 0 bridgehead atoms. The molecule has 2 rings (SSSR count). The molecular weight excluding hydrogens is 298 g/mol. The lowest BCUT2D eigenvalue weighted by Gasteiger charge is -2.08.